The first-order chi connectivity index (χ1) is 17.4. The molecule has 0 spiro atoms. The van der Waals surface area contributed by atoms with Crippen LogP contribution in [0, 0.1) is 18.3 Å². The van der Waals surface area contributed by atoms with Crippen molar-refractivity contribution in [3.63, 3.8) is 0 Å². The summed E-state index contributed by atoms with van der Waals surface area (Å²) in [5.41, 5.74) is 11.0. The number of benzene rings is 1. The van der Waals surface area contributed by atoms with Crippen LogP contribution in [-0.4, -0.2) is 0 Å². The van der Waals surface area contributed by atoms with Crippen LogP contribution in [0.15, 0.2) is 47.6 Å². The first-order valence-corrected chi connectivity index (χ1v) is 15.7. The average Bonchev–Trinajstić information content (AvgIpc) is 3.51. The van der Waals surface area contributed by atoms with E-state index in [9.17, 15) is 0 Å². The molecule has 0 radical (unpaired) electrons. The van der Waals surface area contributed by atoms with Crippen molar-refractivity contribution >= 4 is 0 Å². The van der Waals surface area contributed by atoms with E-state index < -0.39 is 0 Å². The van der Waals surface area contributed by atoms with Gasteiger partial charge in [0.15, 0.2) is 0 Å². The fraction of sp³-hybridized carbons (Fsp3) is 0.676. The lowest BCUT2D eigenvalue weighted by Gasteiger charge is -2.28. The molecule has 1 aromatic rings. The van der Waals surface area contributed by atoms with Crippen LogP contribution in [0.3, 0.4) is 0 Å². The van der Waals surface area contributed by atoms with E-state index >= 15 is 0 Å². The Morgan fingerprint density at radius 3 is 2.08 bits per heavy atom. The summed E-state index contributed by atoms with van der Waals surface area (Å²) in [6.07, 6.45) is 16.0. The molecule has 2 atom stereocenters. The number of unbranched alkanes of at least 4 members (excludes halogenated alkanes) is 3. The quantitative estimate of drug-likeness (QED) is 0.174. The van der Waals surface area contributed by atoms with Gasteiger partial charge in [-0.25, -0.2) is 0 Å². The summed E-state index contributed by atoms with van der Waals surface area (Å²) in [5.74, 6) is 1.21. The summed E-state index contributed by atoms with van der Waals surface area (Å²) < 4.78 is 0. The number of hydrogen-bond donors (Lipinski definition) is 0. The number of rotatable bonds is 14. The highest BCUT2D eigenvalue weighted by Crippen LogP contribution is 2.55. The molecule has 1 aromatic carbocycles. The molecule has 0 N–H and O–H groups in total. The number of allylic oxidation sites excluding steroid dienone is 5. The fourth-order valence-electron chi connectivity index (χ4n) is 5.26. The van der Waals surface area contributed by atoms with Crippen molar-refractivity contribution in [1.29, 1.82) is 0 Å². The molecule has 2 rings (SSSR count). The van der Waals surface area contributed by atoms with Gasteiger partial charge >= 0.3 is 0 Å². The van der Waals surface area contributed by atoms with Crippen molar-refractivity contribution < 1.29 is 0 Å². The Morgan fingerprint density at radius 1 is 0.919 bits per heavy atom. The van der Waals surface area contributed by atoms with Crippen LogP contribution < -0.4 is 0 Å². The highest BCUT2D eigenvalue weighted by Gasteiger charge is 2.43. The van der Waals surface area contributed by atoms with Crippen molar-refractivity contribution in [3.05, 3.63) is 69.8 Å². The molecule has 0 aromatic heterocycles. The van der Waals surface area contributed by atoms with Crippen LogP contribution in [0.1, 0.15) is 156 Å². The minimum atomic E-state index is 0.161. The Hall–Kier alpha value is -1.56. The molecule has 0 nitrogen and oxygen atoms in total. The Kier molecular flexibility index (Phi) is 13.7. The van der Waals surface area contributed by atoms with E-state index in [1.54, 1.807) is 22.3 Å². The van der Waals surface area contributed by atoms with Crippen LogP contribution in [0.2, 0.25) is 0 Å². The van der Waals surface area contributed by atoms with Crippen molar-refractivity contribution in [2.75, 3.05) is 0 Å². The van der Waals surface area contributed by atoms with Crippen LogP contribution >= 0.6 is 0 Å². The molecule has 1 fully saturated rings. The first-order valence-electron chi connectivity index (χ1n) is 15.7. The molecule has 1 aliphatic rings. The highest BCUT2D eigenvalue weighted by atomic mass is 14.5. The maximum Gasteiger partial charge on any atom is 0.0120 e. The zero-order valence-corrected chi connectivity index (χ0v) is 27.0. The number of hydrogen-bond acceptors (Lipinski definition) is 0. The van der Waals surface area contributed by atoms with Gasteiger partial charge in [-0.3, -0.25) is 0 Å². The summed E-state index contributed by atoms with van der Waals surface area (Å²) in [6.45, 7) is 32.0. The minimum absolute atomic E-state index is 0.161. The van der Waals surface area contributed by atoms with E-state index in [1.807, 2.05) is 13.8 Å². The third-order valence-electron chi connectivity index (χ3n) is 9.08. The van der Waals surface area contributed by atoms with Gasteiger partial charge in [0.2, 0.25) is 0 Å². The predicted molar refractivity (Wildman–Crippen MR) is 170 cm³/mol. The molecule has 0 heteroatoms. The molecule has 0 amide bonds. The average molecular weight is 507 g/mol. The van der Waals surface area contributed by atoms with Gasteiger partial charge in [-0.1, -0.05) is 132 Å². The van der Waals surface area contributed by atoms with Crippen molar-refractivity contribution in [2.24, 2.45) is 11.3 Å². The maximum absolute atomic E-state index is 4.49. The Labute approximate surface area is 233 Å². The summed E-state index contributed by atoms with van der Waals surface area (Å²) in [5, 5.41) is 0. The Morgan fingerprint density at radius 2 is 1.54 bits per heavy atom. The molecule has 0 aliphatic heterocycles. The maximum atomic E-state index is 4.49. The fourth-order valence-corrected chi connectivity index (χ4v) is 5.26. The highest BCUT2D eigenvalue weighted by molar-refractivity contribution is 5.55. The molecule has 37 heavy (non-hydrogen) atoms. The topological polar surface area (TPSA) is 0 Å². The molecule has 0 bridgehead atoms. The van der Waals surface area contributed by atoms with E-state index in [4.69, 9.17) is 0 Å². The van der Waals surface area contributed by atoms with E-state index in [1.165, 1.54) is 68.1 Å². The van der Waals surface area contributed by atoms with E-state index in [-0.39, 0.29) is 10.8 Å². The largest absolute Gasteiger partial charge is 0.0953 e. The summed E-state index contributed by atoms with van der Waals surface area (Å²) >= 11 is 0. The SMILES string of the molecule is C=C(/C=C(\C=C1/C(C)C1c1cc(CCCC)cc(C(C)(C)CC)c1C)CCCCC)C(C)(C)CC.CC. The molecule has 0 saturated heterocycles. The van der Waals surface area contributed by atoms with Gasteiger partial charge < -0.3 is 0 Å². The normalized spacial score (nSPS) is 19.0. The van der Waals surface area contributed by atoms with Gasteiger partial charge in [0.05, 0.1) is 0 Å². The predicted octanol–water partition coefficient (Wildman–Crippen LogP) is 12.2. The third kappa shape index (κ3) is 9.01. The van der Waals surface area contributed by atoms with Gasteiger partial charge in [-0.05, 0) is 95.6 Å². The number of aryl methyl sites for hydroxylation is 1. The lowest BCUT2D eigenvalue weighted by Crippen LogP contribution is -2.18. The molecule has 0 heterocycles. The zero-order valence-electron chi connectivity index (χ0n) is 27.0. The molecule has 1 aliphatic carbocycles. The molecule has 1 saturated carbocycles. The Balaban J connectivity index is 0.00000334. The van der Waals surface area contributed by atoms with Gasteiger partial charge in [0, 0.05) is 5.92 Å². The van der Waals surface area contributed by atoms with Crippen molar-refractivity contribution in [1.82, 2.24) is 0 Å². The molecule has 2 unspecified atom stereocenters. The van der Waals surface area contributed by atoms with Crippen molar-refractivity contribution in [3.8, 4) is 0 Å². The summed E-state index contributed by atoms with van der Waals surface area (Å²) in [4.78, 5) is 0. The second kappa shape index (κ2) is 15.1. The molecule has 210 valence electrons. The third-order valence-corrected chi connectivity index (χ3v) is 9.08. The second-order valence-electron chi connectivity index (χ2n) is 12.5. The zero-order chi connectivity index (χ0) is 28.4. The van der Waals surface area contributed by atoms with Gasteiger partial charge in [-0.2, -0.15) is 0 Å². The van der Waals surface area contributed by atoms with E-state index in [2.05, 4.69) is 100 Å². The van der Waals surface area contributed by atoms with E-state index in [0.717, 1.165) is 6.42 Å². The minimum Gasteiger partial charge on any atom is -0.0953 e. The summed E-state index contributed by atoms with van der Waals surface area (Å²) in [7, 11) is 0. The lowest BCUT2D eigenvalue weighted by atomic mass is 9.77. The van der Waals surface area contributed by atoms with Crippen LogP contribution in [0.25, 0.3) is 0 Å². The summed E-state index contributed by atoms with van der Waals surface area (Å²) in [6, 6.07) is 5.09. The molecular formula is C37H62. The monoisotopic (exact) mass is 506 g/mol. The van der Waals surface area contributed by atoms with Gasteiger partial charge in [0.1, 0.15) is 0 Å². The van der Waals surface area contributed by atoms with Crippen LogP contribution in [-0.2, 0) is 11.8 Å². The smallest absolute Gasteiger partial charge is 0.0120 e. The second-order valence-corrected chi connectivity index (χ2v) is 12.5. The van der Waals surface area contributed by atoms with Gasteiger partial charge in [0.25, 0.3) is 0 Å². The molecular weight excluding hydrogens is 444 g/mol. The van der Waals surface area contributed by atoms with Crippen molar-refractivity contribution in [2.45, 2.75) is 152 Å². The standard InChI is InChI=1S/C35H56.C2H6/c1-12-16-18-20-28(21-25(5)34(8,9)14-3)22-31-27(7)33(31)30-23-29(19-17-13-2)24-32(26(30)6)35(10,11)15-4;1-2/h21-24,27,33H,5,12-20H2,1-4,6-11H3;1-2H3/b28-21-,31-22+;. The lowest BCUT2D eigenvalue weighted by molar-refractivity contribution is 0.441. The van der Waals surface area contributed by atoms with Gasteiger partial charge in [-0.15, -0.1) is 0 Å². The Bertz CT molecular complexity index is 918. The van der Waals surface area contributed by atoms with Crippen LogP contribution in [0.4, 0.5) is 0 Å². The van der Waals surface area contributed by atoms with Crippen LogP contribution in [0.5, 0.6) is 0 Å². The first kappa shape index (κ1) is 33.5. The van der Waals surface area contributed by atoms with E-state index in [0.29, 0.717) is 11.8 Å².